The molecule has 4 rings (SSSR count). The quantitative estimate of drug-likeness (QED) is 0.461. The largest absolute Gasteiger partial charge is 0.487 e. The average Bonchev–Trinajstić information content (AvgIpc) is 3.37. The fraction of sp³-hybridized carbons (Fsp3) is 0.182. The third-order valence-corrected chi connectivity index (χ3v) is 6.54. The molecule has 0 fully saturated rings. The number of aryl methyl sites for hydroxylation is 2. The van der Waals surface area contributed by atoms with Crippen molar-refractivity contribution in [1.29, 1.82) is 0 Å². The highest BCUT2D eigenvalue weighted by Crippen LogP contribution is 2.28. The van der Waals surface area contributed by atoms with Crippen LogP contribution in [0.3, 0.4) is 0 Å². The lowest BCUT2D eigenvalue weighted by Crippen LogP contribution is -2.35. The first-order valence-corrected chi connectivity index (χ1v) is 11.2. The zero-order chi connectivity index (χ0) is 22.0. The van der Waals surface area contributed by atoms with E-state index in [2.05, 4.69) is 9.97 Å². The van der Waals surface area contributed by atoms with Crippen molar-refractivity contribution in [3.63, 3.8) is 0 Å². The summed E-state index contributed by atoms with van der Waals surface area (Å²) in [6.07, 6.45) is 1.52. The molecule has 0 saturated heterocycles. The van der Waals surface area contributed by atoms with Gasteiger partial charge in [-0.2, -0.15) is 0 Å². The summed E-state index contributed by atoms with van der Waals surface area (Å²) in [6.45, 7) is 4.00. The number of nitrogens with zero attached hydrogens (tertiary/aromatic N) is 3. The second-order valence-electron chi connectivity index (χ2n) is 7.00. The van der Waals surface area contributed by atoms with Crippen LogP contribution in [0.2, 0.25) is 0 Å². The van der Waals surface area contributed by atoms with Crippen molar-refractivity contribution in [3.05, 3.63) is 85.7 Å². The minimum atomic E-state index is -1.04. The first-order chi connectivity index (χ1) is 14.9. The second-order valence-corrected chi connectivity index (χ2v) is 8.75. The van der Waals surface area contributed by atoms with E-state index in [9.17, 15) is 9.59 Å². The number of carbonyl (C=O) groups is 1. The van der Waals surface area contributed by atoms with E-state index in [1.807, 2.05) is 54.9 Å². The second kappa shape index (κ2) is 8.83. The Morgan fingerprint density at radius 3 is 2.45 bits per heavy atom. The van der Waals surface area contributed by atoms with Crippen molar-refractivity contribution in [2.24, 2.45) is 5.73 Å². The van der Waals surface area contributed by atoms with Crippen molar-refractivity contribution in [3.8, 4) is 16.3 Å². The van der Waals surface area contributed by atoms with Crippen molar-refractivity contribution in [2.75, 3.05) is 0 Å². The molecule has 3 heterocycles. The molecule has 4 aromatic rings. The molecule has 158 valence electrons. The molecule has 0 aliphatic rings. The topological polar surface area (TPSA) is 100 Å². The van der Waals surface area contributed by atoms with Crippen molar-refractivity contribution in [1.82, 2.24) is 14.5 Å². The molecule has 1 amide bonds. The maximum atomic E-state index is 13.4. The number of carbonyl (C=O) groups excluding carboxylic acids is 1. The molecule has 0 bridgehead atoms. The Balaban J connectivity index is 1.82. The van der Waals surface area contributed by atoms with Gasteiger partial charge in [-0.05, 0) is 25.5 Å². The van der Waals surface area contributed by atoms with Crippen LogP contribution in [-0.4, -0.2) is 20.4 Å². The summed E-state index contributed by atoms with van der Waals surface area (Å²) in [5.41, 5.74) is 8.22. The summed E-state index contributed by atoms with van der Waals surface area (Å²) in [5.74, 6) is -0.233. The Morgan fingerprint density at radius 1 is 1.13 bits per heavy atom. The molecule has 0 spiro atoms. The van der Waals surface area contributed by atoms with Crippen LogP contribution in [0, 0.1) is 13.8 Å². The molecule has 9 heteroatoms. The number of nitrogens with two attached hydrogens (primary N) is 1. The molecule has 1 aromatic carbocycles. The molecule has 1 unspecified atom stereocenters. The molecule has 0 aliphatic heterocycles. The normalized spacial score (nSPS) is 11.9. The standard InChI is InChI=1S/C22H20N4O3S2/c1-13-11-30-20(24-13)17-8-16(29-10-15-6-4-3-5-7-15)9-26(22(17)28)18(19(23)27)21-25-14(2)12-31-21/h3-9,11-12,18H,10H2,1-2H3,(H2,23,27). The zero-order valence-electron chi connectivity index (χ0n) is 16.9. The maximum Gasteiger partial charge on any atom is 0.262 e. The van der Waals surface area contributed by atoms with Gasteiger partial charge in [0.2, 0.25) is 5.91 Å². The number of hydrogen-bond acceptors (Lipinski definition) is 7. The number of benzene rings is 1. The molecule has 31 heavy (non-hydrogen) atoms. The number of hydrogen-bond donors (Lipinski definition) is 1. The molecule has 3 aromatic heterocycles. The summed E-state index contributed by atoms with van der Waals surface area (Å²) in [4.78, 5) is 34.6. The predicted octanol–water partition coefficient (Wildman–Crippen LogP) is 3.70. The minimum absolute atomic E-state index is 0.312. The Kier molecular flexibility index (Phi) is 5.97. The molecule has 0 radical (unpaired) electrons. The smallest absolute Gasteiger partial charge is 0.262 e. The van der Waals surface area contributed by atoms with Crippen LogP contribution in [0.1, 0.15) is 28.0 Å². The van der Waals surface area contributed by atoms with Crippen LogP contribution in [0.5, 0.6) is 5.75 Å². The lowest BCUT2D eigenvalue weighted by molar-refractivity contribution is -0.120. The first kappa shape index (κ1) is 21.0. The Hall–Kier alpha value is -3.30. The van der Waals surface area contributed by atoms with Crippen LogP contribution in [-0.2, 0) is 11.4 Å². The zero-order valence-corrected chi connectivity index (χ0v) is 18.6. The predicted molar refractivity (Wildman–Crippen MR) is 122 cm³/mol. The SMILES string of the molecule is Cc1csc(-c2cc(OCc3ccccc3)cn(C(C(N)=O)c3nc(C)cs3)c2=O)n1. The maximum absolute atomic E-state index is 13.4. The highest BCUT2D eigenvalue weighted by atomic mass is 32.1. The minimum Gasteiger partial charge on any atom is -0.487 e. The summed E-state index contributed by atoms with van der Waals surface area (Å²) in [6, 6.07) is 10.3. The van der Waals surface area contributed by atoms with Gasteiger partial charge in [-0.25, -0.2) is 9.97 Å². The Labute approximate surface area is 186 Å². The molecular formula is C22H20N4O3S2. The van der Waals surface area contributed by atoms with Gasteiger partial charge in [0.25, 0.3) is 5.56 Å². The highest BCUT2D eigenvalue weighted by Gasteiger charge is 2.27. The van der Waals surface area contributed by atoms with Crippen molar-refractivity contribution in [2.45, 2.75) is 26.5 Å². The highest BCUT2D eigenvalue weighted by molar-refractivity contribution is 7.13. The van der Waals surface area contributed by atoms with Crippen LogP contribution < -0.4 is 16.0 Å². The van der Waals surface area contributed by atoms with Gasteiger partial charge in [-0.15, -0.1) is 22.7 Å². The monoisotopic (exact) mass is 452 g/mol. The van der Waals surface area contributed by atoms with Gasteiger partial charge in [0, 0.05) is 22.1 Å². The Bertz CT molecular complexity index is 1280. The summed E-state index contributed by atoms with van der Waals surface area (Å²) in [5, 5.41) is 4.69. The van der Waals surface area contributed by atoms with E-state index in [4.69, 9.17) is 10.5 Å². The van der Waals surface area contributed by atoms with Crippen LogP contribution in [0.4, 0.5) is 0 Å². The number of amides is 1. The van der Waals surface area contributed by atoms with Crippen molar-refractivity contribution >= 4 is 28.6 Å². The molecule has 7 nitrogen and oxygen atoms in total. The molecule has 0 saturated carbocycles. The van der Waals surface area contributed by atoms with Gasteiger partial charge < -0.3 is 10.5 Å². The van der Waals surface area contributed by atoms with Gasteiger partial charge in [-0.3, -0.25) is 14.2 Å². The third kappa shape index (κ3) is 4.57. The summed E-state index contributed by atoms with van der Waals surface area (Å²) >= 11 is 2.65. The number of rotatable bonds is 7. The number of pyridine rings is 1. The number of aromatic nitrogens is 3. The number of thiazole rings is 2. The van der Waals surface area contributed by atoms with E-state index in [1.165, 1.54) is 33.4 Å². The molecular weight excluding hydrogens is 432 g/mol. The van der Waals surface area contributed by atoms with E-state index in [-0.39, 0.29) is 5.56 Å². The average molecular weight is 453 g/mol. The lowest BCUT2D eigenvalue weighted by atomic mass is 10.2. The number of ether oxygens (including phenoxy) is 1. The van der Waals surface area contributed by atoms with Crippen LogP contribution in [0.25, 0.3) is 10.6 Å². The molecule has 2 N–H and O–H groups in total. The molecule has 1 atom stereocenters. The fourth-order valence-corrected chi connectivity index (χ4v) is 4.80. The molecule has 0 aliphatic carbocycles. The van der Waals surface area contributed by atoms with Gasteiger partial charge in [0.1, 0.15) is 22.4 Å². The van der Waals surface area contributed by atoms with E-state index in [0.29, 0.717) is 27.9 Å². The van der Waals surface area contributed by atoms with Gasteiger partial charge in [-0.1, -0.05) is 30.3 Å². The van der Waals surface area contributed by atoms with Crippen LogP contribution in [0.15, 0.2) is 58.1 Å². The first-order valence-electron chi connectivity index (χ1n) is 9.49. The summed E-state index contributed by atoms with van der Waals surface area (Å²) < 4.78 is 7.27. The lowest BCUT2D eigenvalue weighted by Gasteiger charge is -2.17. The summed E-state index contributed by atoms with van der Waals surface area (Å²) in [7, 11) is 0. The van der Waals surface area contributed by atoms with E-state index < -0.39 is 11.9 Å². The van der Waals surface area contributed by atoms with Gasteiger partial charge >= 0.3 is 0 Å². The van der Waals surface area contributed by atoms with Crippen LogP contribution >= 0.6 is 22.7 Å². The number of primary amides is 1. The Morgan fingerprint density at radius 2 is 1.84 bits per heavy atom. The van der Waals surface area contributed by atoms with E-state index >= 15 is 0 Å². The fourth-order valence-electron chi connectivity index (χ4n) is 3.09. The van der Waals surface area contributed by atoms with Gasteiger partial charge in [0.05, 0.1) is 11.8 Å². The van der Waals surface area contributed by atoms with Gasteiger partial charge in [0.15, 0.2) is 6.04 Å². The van der Waals surface area contributed by atoms with Crippen molar-refractivity contribution < 1.29 is 9.53 Å². The van der Waals surface area contributed by atoms with E-state index in [0.717, 1.165) is 17.0 Å². The van der Waals surface area contributed by atoms with E-state index in [1.54, 1.807) is 6.07 Å². The third-order valence-electron chi connectivity index (χ3n) is 4.53.